The Hall–Kier alpha value is -2.10. The number of fused-ring (bicyclic) bond motifs is 1. The highest BCUT2D eigenvalue weighted by atomic mass is 32.1. The summed E-state index contributed by atoms with van der Waals surface area (Å²) in [5.74, 6) is 0. The van der Waals surface area contributed by atoms with Crippen LogP contribution in [0.15, 0.2) is 42.5 Å². The van der Waals surface area contributed by atoms with E-state index in [0.29, 0.717) is 5.69 Å². The number of hydrogen-bond donors (Lipinski definition) is 5. The predicted octanol–water partition coefficient (Wildman–Crippen LogP) is 2.10. The topological polar surface area (TPSA) is 106 Å². The van der Waals surface area contributed by atoms with Crippen LogP contribution < -0.4 is 5.32 Å². The van der Waals surface area contributed by atoms with E-state index in [1.807, 2.05) is 31.2 Å². The van der Waals surface area contributed by atoms with Gasteiger partial charge in [0.15, 0.2) is 0 Å². The SMILES string of the molecule is Cc1ccc2nc(-c3ccc(NCC(F)C(O)C(O)C(O)CO)cc3)sc2c1. The first-order chi connectivity index (χ1) is 13.4. The number of anilines is 1. The summed E-state index contributed by atoms with van der Waals surface area (Å²) in [6, 6.07) is 13.4. The first-order valence-corrected chi connectivity index (χ1v) is 9.71. The molecule has 0 spiro atoms. The van der Waals surface area contributed by atoms with E-state index in [9.17, 15) is 19.7 Å². The summed E-state index contributed by atoms with van der Waals surface area (Å²) in [6.07, 6.45) is -6.97. The quantitative estimate of drug-likeness (QED) is 0.392. The second-order valence-corrected chi connectivity index (χ2v) is 7.73. The Morgan fingerprint density at radius 2 is 1.79 bits per heavy atom. The third-order valence-corrected chi connectivity index (χ3v) is 5.55. The molecule has 6 nitrogen and oxygen atoms in total. The number of aliphatic hydroxyl groups is 4. The number of aromatic nitrogens is 1. The van der Waals surface area contributed by atoms with E-state index in [-0.39, 0.29) is 6.54 Å². The van der Waals surface area contributed by atoms with E-state index < -0.39 is 31.1 Å². The number of rotatable bonds is 8. The lowest BCUT2D eigenvalue weighted by Crippen LogP contribution is -2.46. The van der Waals surface area contributed by atoms with Gasteiger partial charge >= 0.3 is 0 Å². The maximum atomic E-state index is 14.1. The Morgan fingerprint density at radius 3 is 2.46 bits per heavy atom. The molecule has 150 valence electrons. The number of benzene rings is 2. The zero-order valence-corrected chi connectivity index (χ0v) is 16.1. The standard InChI is InChI=1S/C20H23FN2O4S/c1-11-2-7-15-17(8-11)28-20(23-15)12-3-5-13(6-4-12)22-9-14(21)18(26)19(27)16(25)10-24/h2-8,14,16,18-19,22,24-27H,9-10H2,1H3. The van der Waals surface area contributed by atoms with E-state index in [2.05, 4.69) is 16.4 Å². The van der Waals surface area contributed by atoms with Gasteiger partial charge in [-0.25, -0.2) is 9.37 Å². The van der Waals surface area contributed by atoms with Gasteiger partial charge in [-0.1, -0.05) is 6.07 Å². The summed E-state index contributed by atoms with van der Waals surface area (Å²) < 4.78 is 15.2. The van der Waals surface area contributed by atoms with Crippen molar-refractivity contribution in [3.63, 3.8) is 0 Å². The minimum atomic E-state index is -1.82. The first kappa shape index (κ1) is 20.6. The number of aryl methyl sites for hydroxylation is 1. The number of hydrogen-bond acceptors (Lipinski definition) is 7. The Labute approximate surface area is 165 Å². The highest BCUT2D eigenvalue weighted by Crippen LogP contribution is 2.31. The maximum Gasteiger partial charge on any atom is 0.146 e. The van der Waals surface area contributed by atoms with Crippen molar-refractivity contribution in [2.45, 2.75) is 31.4 Å². The van der Waals surface area contributed by atoms with Crippen molar-refractivity contribution < 1.29 is 24.8 Å². The maximum absolute atomic E-state index is 14.1. The molecule has 4 unspecified atom stereocenters. The van der Waals surface area contributed by atoms with Crippen molar-refractivity contribution in [2.75, 3.05) is 18.5 Å². The second-order valence-electron chi connectivity index (χ2n) is 6.70. The summed E-state index contributed by atoms with van der Waals surface area (Å²) in [7, 11) is 0. The molecular formula is C20H23FN2O4S. The summed E-state index contributed by atoms with van der Waals surface area (Å²) in [4.78, 5) is 4.63. The smallest absolute Gasteiger partial charge is 0.146 e. The van der Waals surface area contributed by atoms with Gasteiger partial charge in [0.25, 0.3) is 0 Å². The fourth-order valence-electron chi connectivity index (χ4n) is 2.77. The Kier molecular flexibility index (Phi) is 6.58. The molecule has 0 aliphatic rings. The highest BCUT2D eigenvalue weighted by molar-refractivity contribution is 7.21. The van der Waals surface area contributed by atoms with Gasteiger partial charge in [0, 0.05) is 17.8 Å². The van der Waals surface area contributed by atoms with Crippen LogP contribution >= 0.6 is 11.3 Å². The normalized spacial score (nSPS) is 15.9. The number of nitrogens with zero attached hydrogens (tertiary/aromatic N) is 1. The Morgan fingerprint density at radius 1 is 1.07 bits per heavy atom. The van der Waals surface area contributed by atoms with Crippen LogP contribution in [0.2, 0.25) is 0 Å². The van der Waals surface area contributed by atoms with Gasteiger partial charge in [0.2, 0.25) is 0 Å². The van der Waals surface area contributed by atoms with Gasteiger partial charge in [-0.05, 0) is 48.9 Å². The molecule has 1 heterocycles. The molecule has 8 heteroatoms. The lowest BCUT2D eigenvalue weighted by atomic mass is 10.0. The van der Waals surface area contributed by atoms with Crippen LogP contribution in [0.25, 0.3) is 20.8 Å². The molecule has 3 aromatic rings. The van der Waals surface area contributed by atoms with Gasteiger partial charge in [-0.2, -0.15) is 0 Å². The fraction of sp³-hybridized carbons (Fsp3) is 0.350. The molecule has 0 saturated heterocycles. The monoisotopic (exact) mass is 406 g/mol. The molecule has 5 N–H and O–H groups in total. The van der Waals surface area contributed by atoms with Crippen LogP contribution in [-0.4, -0.2) is 63.0 Å². The number of nitrogens with one attached hydrogen (secondary N) is 1. The third-order valence-electron chi connectivity index (χ3n) is 4.48. The molecule has 0 amide bonds. The molecule has 0 aliphatic heterocycles. The van der Waals surface area contributed by atoms with Crippen molar-refractivity contribution in [3.8, 4) is 10.6 Å². The molecule has 0 aliphatic carbocycles. The second kappa shape index (κ2) is 8.93. The lowest BCUT2D eigenvalue weighted by Gasteiger charge is -2.24. The molecular weight excluding hydrogens is 383 g/mol. The van der Waals surface area contributed by atoms with Crippen molar-refractivity contribution in [3.05, 3.63) is 48.0 Å². The van der Waals surface area contributed by atoms with Crippen LogP contribution in [0.3, 0.4) is 0 Å². The summed E-state index contributed by atoms with van der Waals surface area (Å²) in [5.41, 5.74) is 3.73. The third kappa shape index (κ3) is 4.65. The van der Waals surface area contributed by atoms with Crippen molar-refractivity contribution in [1.82, 2.24) is 4.98 Å². The Bertz CT molecular complexity index is 918. The molecule has 2 aromatic carbocycles. The first-order valence-electron chi connectivity index (χ1n) is 8.89. The number of aliphatic hydroxyl groups excluding tert-OH is 4. The predicted molar refractivity (Wildman–Crippen MR) is 108 cm³/mol. The van der Waals surface area contributed by atoms with E-state index in [0.717, 1.165) is 20.8 Å². The van der Waals surface area contributed by atoms with E-state index in [4.69, 9.17) is 5.11 Å². The van der Waals surface area contributed by atoms with Crippen molar-refractivity contribution >= 4 is 27.2 Å². The highest BCUT2D eigenvalue weighted by Gasteiger charge is 2.31. The molecule has 28 heavy (non-hydrogen) atoms. The van der Waals surface area contributed by atoms with Crippen LogP contribution in [0.5, 0.6) is 0 Å². The van der Waals surface area contributed by atoms with Gasteiger partial charge < -0.3 is 25.7 Å². The zero-order valence-electron chi connectivity index (χ0n) is 15.3. The molecule has 0 radical (unpaired) electrons. The minimum Gasteiger partial charge on any atom is -0.394 e. The minimum absolute atomic E-state index is 0.254. The molecule has 0 fully saturated rings. The summed E-state index contributed by atoms with van der Waals surface area (Å²) >= 11 is 1.60. The van der Waals surface area contributed by atoms with E-state index in [1.165, 1.54) is 5.56 Å². The van der Waals surface area contributed by atoms with Gasteiger partial charge in [0.1, 0.15) is 29.5 Å². The summed E-state index contributed by atoms with van der Waals surface area (Å²) in [5, 5.41) is 41.0. The van der Waals surface area contributed by atoms with Crippen LogP contribution in [-0.2, 0) is 0 Å². The van der Waals surface area contributed by atoms with Gasteiger partial charge in [-0.3, -0.25) is 0 Å². The number of alkyl halides is 1. The van der Waals surface area contributed by atoms with Crippen LogP contribution in [0, 0.1) is 6.92 Å². The fourth-order valence-corrected chi connectivity index (χ4v) is 3.84. The average molecular weight is 406 g/mol. The largest absolute Gasteiger partial charge is 0.394 e. The van der Waals surface area contributed by atoms with Crippen molar-refractivity contribution in [1.29, 1.82) is 0 Å². The van der Waals surface area contributed by atoms with Gasteiger partial charge in [0.05, 0.1) is 16.8 Å². The molecule has 0 bridgehead atoms. The molecule has 3 rings (SSSR count). The molecule has 1 aromatic heterocycles. The van der Waals surface area contributed by atoms with E-state index in [1.54, 1.807) is 23.5 Å². The van der Waals surface area contributed by atoms with Crippen molar-refractivity contribution in [2.24, 2.45) is 0 Å². The van der Waals surface area contributed by atoms with Gasteiger partial charge in [-0.15, -0.1) is 11.3 Å². The number of thiazole rings is 1. The average Bonchev–Trinajstić information content (AvgIpc) is 3.13. The zero-order chi connectivity index (χ0) is 20.3. The summed E-state index contributed by atoms with van der Waals surface area (Å²) in [6.45, 7) is 1.03. The van der Waals surface area contributed by atoms with E-state index >= 15 is 0 Å². The number of halogens is 1. The van der Waals surface area contributed by atoms with Crippen LogP contribution in [0.1, 0.15) is 5.56 Å². The lowest BCUT2D eigenvalue weighted by molar-refractivity contribution is -0.0969. The molecule has 0 saturated carbocycles. The van der Waals surface area contributed by atoms with Crippen LogP contribution in [0.4, 0.5) is 10.1 Å². The Balaban J connectivity index is 1.62. The molecule has 4 atom stereocenters.